The first-order chi connectivity index (χ1) is 17.6. The summed E-state index contributed by atoms with van der Waals surface area (Å²) in [6.07, 6.45) is 0.0614. The zero-order valence-electron chi connectivity index (χ0n) is 19.7. The van der Waals surface area contributed by atoms with E-state index in [1.165, 1.54) is 11.8 Å². The van der Waals surface area contributed by atoms with Crippen LogP contribution in [0.2, 0.25) is 0 Å². The monoisotopic (exact) mass is 503 g/mol. The number of amidine groups is 1. The van der Waals surface area contributed by atoms with Crippen molar-refractivity contribution in [2.75, 3.05) is 18.7 Å². The molecule has 1 N–H and O–H groups in total. The van der Waals surface area contributed by atoms with Crippen molar-refractivity contribution in [2.24, 2.45) is 4.99 Å². The molecule has 0 radical (unpaired) electrons. The molecular weight excluding hydrogens is 478 g/mol. The number of thioether (sulfide) groups is 1. The van der Waals surface area contributed by atoms with E-state index in [1.807, 2.05) is 55.5 Å². The highest BCUT2D eigenvalue weighted by atomic mass is 32.2. The fourth-order valence-corrected chi connectivity index (χ4v) is 4.95. The van der Waals surface area contributed by atoms with E-state index < -0.39 is 5.25 Å². The minimum Gasteiger partial charge on any atom is -0.494 e. The number of ether oxygens (including phenoxy) is 3. The normalized spacial score (nSPS) is 17.8. The van der Waals surface area contributed by atoms with Crippen LogP contribution in [0.25, 0.3) is 0 Å². The molecule has 1 saturated heterocycles. The number of para-hydroxylation sites is 1. The summed E-state index contributed by atoms with van der Waals surface area (Å²) in [5.41, 5.74) is 2.23. The lowest BCUT2D eigenvalue weighted by Gasteiger charge is -2.32. The van der Waals surface area contributed by atoms with Crippen molar-refractivity contribution in [1.29, 1.82) is 0 Å². The van der Waals surface area contributed by atoms with Crippen LogP contribution in [0.4, 0.5) is 11.4 Å². The summed E-state index contributed by atoms with van der Waals surface area (Å²) in [7, 11) is 0. The van der Waals surface area contributed by atoms with E-state index in [0.717, 1.165) is 11.3 Å². The Morgan fingerprint density at radius 2 is 1.86 bits per heavy atom. The van der Waals surface area contributed by atoms with E-state index in [9.17, 15) is 9.59 Å². The number of benzene rings is 3. The van der Waals surface area contributed by atoms with E-state index in [1.54, 1.807) is 29.2 Å². The molecule has 2 amide bonds. The second-order valence-electron chi connectivity index (χ2n) is 8.15. The maximum atomic E-state index is 13.3. The first kappa shape index (κ1) is 23.7. The lowest BCUT2D eigenvalue weighted by molar-refractivity contribution is -0.129. The maximum absolute atomic E-state index is 13.3. The number of nitrogens with zero attached hydrogens (tertiary/aromatic N) is 2. The highest BCUT2D eigenvalue weighted by Crippen LogP contribution is 2.35. The summed E-state index contributed by atoms with van der Waals surface area (Å²) in [6.45, 7) is 2.97. The SMILES string of the molecule is CCOc1ccc(NC(=O)C2CC(=O)N(Cc3ccc4c(c3)OCO4)C(=Nc3ccccc3)S2)cc1. The van der Waals surface area contributed by atoms with Gasteiger partial charge in [0.1, 0.15) is 11.0 Å². The molecule has 1 atom stereocenters. The molecule has 1 fully saturated rings. The Morgan fingerprint density at radius 3 is 2.64 bits per heavy atom. The molecule has 184 valence electrons. The molecule has 0 aliphatic carbocycles. The van der Waals surface area contributed by atoms with Crippen LogP contribution in [0.15, 0.2) is 77.8 Å². The second-order valence-corrected chi connectivity index (χ2v) is 9.32. The van der Waals surface area contributed by atoms with Crippen LogP contribution in [0.1, 0.15) is 18.9 Å². The molecule has 0 saturated carbocycles. The first-order valence-corrected chi connectivity index (χ1v) is 12.5. The predicted octanol–water partition coefficient (Wildman–Crippen LogP) is 4.97. The fraction of sp³-hybridized carbons (Fsp3) is 0.222. The molecule has 2 heterocycles. The number of fused-ring (bicyclic) bond motifs is 1. The van der Waals surface area contributed by atoms with Crippen LogP contribution < -0.4 is 19.5 Å². The quantitative estimate of drug-likeness (QED) is 0.490. The number of carbonyl (C=O) groups excluding carboxylic acids is 2. The molecule has 0 aromatic heterocycles. The van der Waals surface area contributed by atoms with Gasteiger partial charge in [-0.2, -0.15) is 0 Å². The second kappa shape index (κ2) is 10.7. The minimum atomic E-state index is -0.612. The smallest absolute Gasteiger partial charge is 0.238 e. The van der Waals surface area contributed by atoms with E-state index >= 15 is 0 Å². The molecule has 0 spiro atoms. The largest absolute Gasteiger partial charge is 0.494 e. The zero-order chi connectivity index (χ0) is 24.9. The van der Waals surface area contributed by atoms with Crippen molar-refractivity contribution in [3.8, 4) is 17.2 Å². The van der Waals surface area contributed by atoms with Gasteiger partial charge in [-0.1, -0.05) is 36.0 Å². The van der Waals surface area contributed by atoms with E-state index in [0.29, 0.717) is 41.2 Å². The van der Waals surface area contributed by atoms with E-state index in [4.69, 9.17) is 19.2 Å². The Balaban J connectivity index is 1.35. The van der Waals surface area contributed by atoms with Crippen molar-refractivity contribution in [2.45, 2.75) is 25.1 Å². The third kappa shape index (κ3) is 5.46. The van der Waals surface area contributed by atoms with Gasteiger partial charge in [-0.05, 0) is 61.0 Å². The Kier molecular flexibility index (Phi) is 7.08. The van der Waals surface area contributed by atoms with E-state index in [2.05, 4.69) is 5.32 Å². The van der Waals surface area contributed by atoms with Crippen LogP contribution >= 0.6 is 11.8 Å². The van der Waals surface area contributed by atoms with Gasteiger partial charge in [0.15, 0.2) is 16.7 Å². The number of rotatable bonds is 7. The molecule has 2 aliphatic heterocycles. The molecular formula is C27H25N3O5S. The van der Waals surface area contributed by atoms with Gasteiger partial charge >= 0.3 is 0 Å². The number of nitrogens with one attached hydrogen (secondary N) is 1. The number of aliphatic imine (C=N–C) groups is 1. The molecule has 2 aliphatic rings. The molecule has 1 unspecified atom stereocenters. The molecule has 9 heteroatoms. The summed E-state index contributed by atoms with van der Waals surface area (Å²) in [5.74, 6) is 1.64. The Morgan fingerprint density at radius 1 is 1.08 bits per heavy atom. The van der Waals surface area contributed by atoms with Gasteiger partial charge < -0.3 is 19.5 Å². The lowest BCUT2D eigenvalue weighted by Crippen LogP contribution is -2.44. The van der Waals surface area contributed by atoms with Gasteiger partial charge in [-0.3, -0.25) is 14.5 Å². The molecule has 3 aromatic rings. The number of anilines is 1. The van der Waals surface area contributed by atoms with Crippen molar-refractivity contribution >= 4 is 40.1 Å². The van der Waals surface area contributed by atoms with Crippen LogP contribution in [0.3, 0.4) is 0 Å². The number of hydrogen-bond acceptors (Lipinski definition) is 7. The lowest BCUT2D eigenvalue weighted by atomic mass is 10.1. The van der Waals surface area contributed by atoms with Gasteiger partial charge in [0.25, 0.3) is 0 Å². The van der Waals surface area contributed by atoms with E-state index in [-0.39, 0.29) is 25.0 Å². The van der Waals surface area contributed by atoms with Crippen LogP contribution in [0.5, 0.6) is 17.2 Å². The summed E-state index contributed by atoms with van der Waals surface area (Å²) in [4.78, 5) is 32.7. The van der Waals surface area contributed by atoms with Crippen molar-refractivity contribution in [3.63, 3.8) is 0 Å². The molecule has 5 rings (SSSR count). The Hall–Kier alpha value is -3.98. The van der Waals surface area contributed by atoms with Gasteiger partial charge in [-0.15, -0.1) is 0 Å². The maximum Gasteiger partial charge on any atom is 0.238 e. The zero-order valence-corrected chi connectivity index (χ0v) is 20.5. The third-order valence-corrected chi connectivity index (χ3v) is 6.81. The van der Waals surface area contributed by atoms with Gasteiger partial charge in [0.05, 0.1) is 18.8 Å². The average molecular weight is 504 g/mol. The topological polar surface area (TPSA) is 89.5 Å². The van der Waals surface area contributed by atoms with Gasteiger partial charge in [0.2, 0.25) is 18.6 Å². The third-order valence-electron chi connectivity index (χ3n) is 5.62. The van der Waals surface area contributed by atoms with Crippen LogP contribution in [0, 0.1) is 0 Å². The summed E-state index contributed by atoms with van der Waals surface area (Å²) < 4.78 is 16.3. The summed E-state index contributed by atoms with van der Waals surface area (Å²) >= 11 is 1.28. The number of carbonyl (C=O) groups is 2. The summed E-state index contributed by atoms with van der Waals surface area (Å²) in [6, 6.07) is 22.1. The summed E-state index contributed by atoms with van der Waals surface area (Å²) in [5, 5.41) is 2.77. The number of amides is 2. The van der Waals surface area contributed by atoms with Gasteiger partial charge in [-0.25, -0.2) is 4.99 Å². The fourth-order valence-electron chi connectivity index (χ4n) is 3.86. The highest BCUT2D eigenvalue weighted by molar-refractivity contribution is 8.15. The highest BCUT2D eigenvalue weighted by Gasteiger charge is 2.36. The van der Waals surface area contributed by atoms with Crippen molar-refractivity contribution in [3.05, 3.63) is 78.4 Å². The van der Waals surface area contributed by atoms with Crippen LogP contribution in [-0.4, -0.2) is 40.5 Å². The standard InChI is InChI=1S/C27H25N3O5S/c1-2-33-21-11-9-20(10-12-21)28-26(32)24-15-25(31)30(27(36-24)29-19-6-4-3-5-7-19)16-18-8-13-22-23(14-18)35-17-34-22/h3-14,24H,2,15-17H2,1H3,(H,28,32). The molecule has 36 heavy (non-hydrogen) atoms. The van der Waals surface area contributed by atoms with Gasteiger partial charge in [0, 0.05) is 12.1 Å². The average Bonchev–Trinajstić information content (AvgIpc) is 3.36. The van der Waals surface area contributed by atoms with Crippen molar-refractivity contribution in [1.82, 2.24) is 4.90 Å². The minimum absolute atomic E-state index is 0.0614. The predicted molar refractivity (Wildman–Crippen MR) is 139 cm³/mol. The number of hydrogen-bond donors (Lipinski definition) is 1. The van der Waals surface area contributed by atoms with Crippen LogP contribution in [-0.2, 0) is 16.1 Å². The Bertz CT molecular complexity index is 1280. The molecule has 8 nitrogen and oxygen atoms in total. The molecule has 3 aromatic carbocycles. The van der Waals surface area contributed by atoms with Crippen molar-refractivity contribution < 1.29 is 23.8 Å². The Labute approximate surface area is 213 Å². The first-order valence-electron chi connectivity index (χ1n) is 11.6. The molecule has 0 bridgehead atoms.